The molecule has 0 aliphatic heterocycles. The van der Waals surface area contributed by atoms with Crippen LogP contribution >= 0.6 is 0 Å². The molecule has 144 valence electrons. The number of benzene rings is 2. The third kappa shape index (κ3) is 6.75. The van der Waals surface area contributed by atoms with Gasteiger partial charge in [0.1, 0.15) is 0 Å². The van der Waals surface area contributed by atoms with Gasteiger partial charge >= 0.3 is 6.03 Å². The molecule has 27 heavy (non-hydrogen) atoms. The SMILES string of the molecule is COCC(Cc1ccccc1)N(C)C(=O)NCc1ccc(NC(C)=O)cc1. The van der Waals surface area contributed by atoms with Crippen LogP contribution in [0.15, 0.2) is 54.6 Å². The van der Waals surface area contributed by atoms with E-state index in [2.05, 4.69) is 10.6 Å². The van der Waals surface area contributed by atoms with Crippen molar-refractivity contribution in [1.82, 2.24) is 10.2 Å². The molecular formula is C21H27N3O3. The van der Waals surface area contributed by atoms with Gasteiger partial charge in [-0.3, -0.25) is 4.79 Å². The second kappa shape index (κ2) is 10.3. The molecule has 1 atom stereocenters. The molecule has 3 amide bonds. The summed E-state index contributed by atoms with van der Waals surface area (Å²) in [5.41, 5.74) is 2.85. The molecule has 0 aliphatic carbocycles. The van der Waals surface area contributed by atoms with E-state index < -0.39 is 0 Å². The summed E-state index contributed by atoms with van der Waals surface area (Å²) in [6, 6.07) is 17.2. The summed E-state index contributed by atoms with van der Waals surface area (Å²) in [6.45, 7) is 2.34. The van der Waals surface area contributed by atoms with Crippen molar-refractivity contribution >= 4 is 17.6 Å². The molecule has 0 saturated carbocycles. The molecule has 0 bridgehead atoms. The first-order chi connectivity index (χ1) is 13.0. The van der Waals surface area contributed by atoms with Gasteiger partial charge < -0.3 is 20.3 Å². The molecular weight excluding hydrogens is 342 g/mol. The summed E-state index contributed by atoms with van der Waals surface area (Å²) in [6.07, 6.45) is 0.726. The van der Waals surface area contributed by atoms with E-state index in [4.69, 9.17) is 4.74 Å². The Hall–Kier alpha value is -2.86. The minimum atomic E-state index is -0.154. The second-order valence-corrected chi connectivity index (χ2v) is 6.45. The van der Waals surface area contributed by atoms with Crippen molar-refractivity contribution in [3.8, 4) is 0 Å². The lowest BCUT2D eigenvalue weighted by atomic mass is 10.1. The number of ether oxygens (including phenoxy) is 1. The number of nitrogens with zero attached hydrogens (tertiary/aromatic N) is 1. The zero-order chi connectivity index (χ0) is 19.6. The molecule has 6 nitrogen and oxygen atoms in total. The Morgan fingerprint density at radius 2 is 1.70 bits per heavy atom. The number of urea groups is 1. The van der Waals surface area contributed by atoms with Crippen LogP contribution in [0, 0.1) is 0 Å². The van der Waals surface area contributed by atoms with Crippen LogP contribution in [0.2, 0.25) is 0 Å². The number of carbonyl (C=O) groups is 2. The lowest BCUT2D eigenvalue weighted by molar-refractivity contribution is -0.114. The number of amides is 3. The van der Waals surface area contributed by atoms with Gasteiger partial charge in [-0.1, -0.05) is 42.5 Å². The van der Waals surface area contributed by atoms with Gasteiger partial charge in [0.2, 0.25) is 5.91 Å². The number of hydrogen-bond donors (Lipinski definition) is 2. The average molecular weight is 369 g/mol. The van der Waals surface area contributed by atoms with Crippen LogP contribution in [0.4, 0.5) is 10.5 Å². The van der Waals surface area contributed by atoms with E-state index in [1.807, 2.05) is 54.6 Å². The Morgan fingerprint density at radius 1 is 1.04 bits per heavy atom. The van der Waals surface area contributed by atoms with Crippen molar-refractivity contribution in [3.05, 3.63) is 65.7 Å². The highest BCUT2D eigenvalue weighted by atomic mass is 16.5. The lowest BCUT2D eigenvalue weighted by Crippen LogP contribution is -2.46. The fourth-order valence-corrected chi connectivity index (χ4v) is 2.76. The van der Waals surface area contributed by atoms with E-state index in [0.29, 0.717) is 13.2 Å². The van der Waals surface area contributed by atoms with E-state index in [1.165, 1.54) is 6.92 Å². The van der Waals surface area contributed by atoms with Gasteiger partial charge in [0.15, 0.2) is 0 Å². The zero-order valence-corrected chi connectivity index (χ0v) is 16.1. The topological polar surface area (TPSA) is 70.7 Å². The first-order valence-corrected chi connectivity index (χ1v) is 8.89. The van der Waals surface area contributed by atoms with E-state index in [9.17, 15) is 9.59 Å². The molecule has 1 unspecified atom stereocenters. The first-order valence-electron chi connectivity index (χ1n) is 8.89. The molecule has 0 fully saturated rings. The highest BCUT2D eigenvalue weighted by Gasteiger charge is 2.20. The van der Waals surface area contributed by atoms with Crippen LogP contribution in [0.1, 0.15) is 18.1 Å². The minimum absolute atomic E-state index is 0.0560. The van der Waals surface area contributed by atoms with Gasteiger partial charge in [-0.05, 0) is 29.7 Å². The Kier molecular flexibility index (Phi) is 7.82. The van der Waals surface area contributed by atoms with Crippen LogP contribution in [0.5, 0.6) is 0 Å². The number of methoxy groups -OCH3 is 1. The van der Waals surface area contributed by atoms with Crippen LogP contribution in [-0.4, -0.2) is 43.6 Å². The lowest BCUT2D eigenvalue weighted by Gasteiger charge is -2.28. The van der Waals surface area contributed by atoms with Gasteiger partial charge in [0.05, 0.1) is 12.6 Å². The predicted molar refractivity (Wildman–Crippen MR) is 107 cm³/mol. The van der Waals surface area contributed by atoms with Gasteiger partial charge in [-0.15, -0.1) is 0 Å². The van der Waals surface area contributed by atoms with Crippen LogP contribution in [-0.2, 0) is 22.5 Å². The predicted octanol–water partition coefficient (Wildman–Crippen LogP) is 3.04. The van der Waals surface area contributed by atoms with E-state index in [0.717, 1.165) is 23.2 Å². The number of nitrogens with one attached hydrogen (secondary N) is 2. The first kappa shape index (κ1) is 20.5. The fraction of sp³-hybridized carbons (Fsp3) is 0.333. The van der Waals surface area contributed by atoms with Crippen molar-refractivity contribution < 1.29 is 14.3 Å². The fourth-order valence-electron chi connectivity index (χ4n) is 2.76. The molecule has 0 radical (unpaired) electrons. The normalized spacial score (nSPS) is 11.5. The zero-order valence-electron chi connectivity index (χ0n) is 16.1. The number of likely N-dealkylation sites (N-methyl/N-ethyl adjacent to an activating group) is 1. The van der Waals surface area contributed by atoms with Crippen LogP contribution < -0.4 is 10.6 Å². The highest BCUT2D eigenvalue weighted by Crippen LogP contribution is 2.11. The van der Waals surface area contributed by atoms with Gasteiger partial charge in [0, 0.05) is 33.3 Å². The molecule has 0 spiro atoms. The van der Waals surface area contributed by atoms with Crippen molar-refractivity contribution in [2.75, 3.05) is 26.1 Å². The summed E-state index contributed by atoms with van der Waals surface area (Å²) < 4.78 is 5.30. The molecule has 2 rings (SSSR count). The van der Waals surface area contributed by atoms with Crippen molar-refractivity contribution in [1.29, 1.82) is 0 Å². The Balaban J connectivity index is 1.91. The number of hydrogen-bond acceptors (Lipinski definition) is 3. The van der Waals surface area contributed by atoms with Gasteiger partial charge in [0.25, 0.3) is 0 Å². The highest BCUT2D eigenvalue weighted by molar-refractivity contribution is 5.88. The molecule has 0 aromatic heterocycles. The van der Waals surface area contributed by atoms with E-state index in [1.54, 1.807) is 19.1 Å². The molecule has 0 heterocycles. The Morgan fingerprint density at radius 3 is 2.30 bits per heavy atom. The number of carbonyl (C=O) groups excluding carboxylic acids is 2. The smallest absolute Gasteiger partial charge is 0.317 e. The maximum Gasteiger partial charge on any atom is 0.317 e. The molecule has 2 N–H and O–H groups in total. The number of anilines is 1. The molecule has 2 aromatic carbocycles. The van der Waals surface area contributed by atoms with Crippen molar-refractivity contribution in [2.24, 2.45) is 0 Å². The quantitative estimate of drug-likeness (QED) is 0.751. The summed E-state index contributed by atoms with van der Waals surface area (Å²) in [7, 11) is 3.42. The van der Waals surface area contributed by atoms with E-state index in [-0.39, 0.29) is 18.0 Å². The van der Waals surface area contributed by atoms with Crippen LogP contribution in [0.25, 0.3) is 0 Å². The summed E-state index contributed by atoms with van der Waals surface area (Å²) in [5, 5.41) is 5.65. The standard InChI is InChI=1S/C21H27N3O3/c1-16(25)23-19-11-9-18(10-12-19)14-22-21(26)24(2)20(15-27-3)13-17-7-5-4-6-8-17/h4-12,20H,13-15H2,1-3H3,(H,22,26)(H,23,25). The molecule has 2 aromatic rings. The second-order valence-electron chi connectivity index (χ2n) is 6.45. The summed E-state index contributed by atoms with van der Waals surface area (Å²) in [5.74, 6) is -0.111. The molecule has 0 saturated heterocycles. The minimum Gasteiger partial charge on any atom is -0.383 e. The average Bonchev–Trinajstić information content (AvgIpc) is 2.66. The van der Waals surface area contributed by atoms with Gasteiger partial charge in [-0.2, -0.15) is 0 Å². The maximum atomic E-state index is 12.5. The number of rotatable bonds is 8. The van der Waals surface area contributed by atoms with E-state index >= 15 is 0 Å². The maximum absolute atomic E-state index is 12.5. The molecule has 0 aliphatic rings. The van der Waals surface area contributed by atoms with Crippen LogP contribution in [0.3, 0.4) is 0 Å². The third-order valence-corrected chi connectivity index (χ3v) is 4.26. The molecule has 6 heteroatoms. The third-order valence-electron chi connectivity index (χ3n) is 4.26. The Labute approximate surface area is 160 Å². The van der Waals surface area contributed by atoms with Gasteiger partial charge in [-0.25, -0.2) is 4.79 Å². The summed E-state index contributed by atoms with van der Waals surface area (Å²) >= 11 is 0. The summed E-state index contributed by atoms with van der Waals surface area (Å²) in [4.78, 5) is 25.3. The van der Waals surface area contributed by atoms with Crippen molar-refractivity contribution in [2.45, 2.75) is 25.9 Å². The largest absolute Gasteiger partial charge is 0.383 e. The van der Waals surface area contributed by atoms with Crippen molar-refractivity contribution in [3.63, 3.8) is 0 Å². The monoisotopic (exact) mass is 369 g/mol. The Bertz CT molecular complexity index is 732.